The number of nitrogens with zero attached hydrogens (tertiary/aromatic N) is 2. The molecule has 1 N–H and O–H groups in total. The van der Waals surface area contributed by atoms with Gasteiger partial charge in [-0.25, -0.2) is 0 Å². The maximum atomic E-state index is 5.18. The van der Waals surface area contributed by atoms with Crippen LogP contribution >= 0.6 is 0 Å². The molecule has 0 aliphatic rings. The average Bonchev–Trinajstić information content (AvgIpc) is 3.01. The molecule has 0 radical (unpaired) electrons. The number of methoxy groups -OCH3 is 1. The maximum Gasteiger partial charge on any atom is 0.118 e. The van der Waals surface area contributed by atoms with Gasteiger partial charge < -0.3 is 10.1 Å². The molecule has 0 saturated carbocycles. The lowest BCUT2D eigenvalue weighted by Crippen LogP contribution is -2.18. The van der Waals surface area contributed by atoms with E-state index in [0.29, 0.717) is 6.04 Å². The number of nitrogens with one attached hydrogen (secondary N) is 1. The second-order valence-corrected chi connectivity index (χ2v) is 5.42. The molecule has 21 heavy (non-hydrogen) atoms. The molecule has 4 heteroatoms. The minimum Gasteiger partial charge on any atom is -0.497 e. The largest absolute Gasteiger partial charge is 0.497 e. The van der Waals surface area contributed by atoms with Crippen LogP contribution in [0.4, 0.5) is 0 Å². The zero-order chi connectivity index (χ0) is 15.2. The Morgan fingerprint density at radius 2 is 1.90 bits per heavy atom. The average molecular weight is 287 g/mol. The van der Waals surface area contributed by atoms with Gasteiger partial charge in [-0.2, -0.15) is 5.10 Å². The lowest BCUT2D eigenvalue weighted by molar-refractivity contribution is 0.414. The van der Waals surface area contributed by atoms with Crippen LogP contribution in [-0.2, 0) is 6.54 Å². The van der Waals surface area contributed by atoms with Gasteiger partial charge in [0.25, 0.3) is 0 Å². The van der Waals surface area contributed by atoms with Gasteiger partial charge in [0.2, 0.25) is 0 Å². The fraction of sp³-hybridized carbons (Fsp3) is 0.471. The van der Waals surface area contributed by atoms with E-state index in [1.807, 2.05) is 16.8 Å². The summed E-state index contributed by atoms with van der Waals surface area (Å²) in [6.45, 7) is 7.30. The van der Waals surface area contributed by atoms with Crippen LogP contribution in [0.2, 0.25) is 0 Å². The van der Waals surface area contributed by atoms with E-state index in [1.54, 1.807) is 7.11 Å². The normalized spacial score (nSPS) is 13.9. The van der Waals surface area contributed by atoms with Crippen molar-refractivity contribution in [2.75, 3.05) is 7.11 Å². The third-order valence-corrected chi connectivity index (χ3v) is 3.91. The Hall–Kier alpha value is -1.81. The molecular formula is C17H25N3O. The van der Waals surface area contributed by atoms with Crippen LogP contribution in [0.3, 0.4) is 0 Å². The third-order valence-electron chi connectivity index (χ3n) is 3.91. The third kappa shape index (κ3) is 4.08. The molecule has 2 aromatic rings. The van der Waals surface area contributed by atoms with E-state index in [4.69, 9.17) is 4.74 Å². The van der Waals surface area contributed by atoms with Crippen molar-refractivity contribution in [2.45, 2.75) is 45.8 Å². The van der Waals surface area contributed by atoms with Gasteiger partial charge in [0, 0.05) is 24.8 Å². The van der Waals surface area contributed by atoms with E-state index in [9.17, 15) is 0 Å². The van der Waals surface area contributed by atoms with Gasteiger partial charge in [0.1, 0.15) is 5.75 Å². The fourth-order valence-corrected chi connectivity index (χ4v) is 2.17. The van der Waals surface area contributed by atoms with E-state index in [0.717, 1.165) is 24.4 Å². The molecule has 0 aliphatic carbocycles. The molecule has 114 valence electrons. The first-order valence-electron chi connectivity index (χ1n) is 7.55. The molecule has 4 nitrogen and oxygen atoms in total. The van der Waals surface area contributed by atoms with Crippen molar-refractivity contribution in [3.05, 3.63) is 47.8 Å². The number of rotatable bonds is 7. The van der Waals surface area contributed by atoms with Crippen molar-refractivity contribution >= 4 is 0 Å². The van der Waals surface area contributed by atoms with Crippen molar-refractivity contribution in [3.63, 3.8) is 0 Å². The summed E-state index contributed by atoms with van der Waals surface area (Å²) in [5, 5.41) is 8.11. The fourth-order valence-electron chi connectivity index (χ4n) is 2.17. The predicted molar refractivity (Wildman–Crippen MR) is 85.5 cm³/mol. The molecule has 0 aliphatic heterocycles. The Morgan fingerprint density at radius 3 is 2.52 bits per heavy atom. The topological polar surface area (TPSA) is 39.1 Å². The molecule has 0 spiro atoms. The van der Waals surface area contributed by atoms with Gasteiger partial charge in [-0.3, -0.25) is 4.68 Å². The zero-order valence-electron chi connectivity index (χ0n) is 13.3. The van der Waals surface area contributed by atoms with Crippen molar-refractivity contribution in [1.82, 2.24) is 15.1 Å². The molecule has 0 amide bonds. The second-order valence-electron chi connectivity index (χ2n) is 5.42. The number of aromatic nitrogens is 2. The molecule has 1 aromatic carbocycles. The van der Waals surface area contributed by atoms with Crippen molar-refractivity contribution in [1.29, 1.82) is 0 Å². The Labute approximate surface area is 127 Å². The summed E-state index contributed by atoms with van der Waals surface area (Å²) in [7, 11) is 1.68. The predicted octanol–water partition coefficient (Wildman–Crippen LogP) is 3.71. The highest BCUT2D eigenvalue weighted by Crippen LogP contribution is 2.17. The minimum atomic E-state index is 0.282. The van der Waals surface area contributed by atoms with Crippen LogP contribution in [0.25, 0.3) is 0 Å². The minimum absolute atomic E-state index is 0.282. The van der Waals surface area contributed by atoms with E-state index >= 15 is 0 Å². The van der Waals surface area contributed by atoms with Crippen LogP contribution in [0.1, 0.15) is 50.5 Å². The highest BCUT2D eigenvalue weighted by molar-refractivity contribution is 5.28. The summed E-state index contributed by atoms with van der Waals surface area (Å²) in [4.78, 5) is 0. The Kier molecular flexibility index (Phi) is 5.39. The van der Waals surface area contributed by atoms with E-state index in [2.05, 4.69) is 55.6 Å². The summed E-state index contributed by atoms with van der Waals surface area (Å²) in [6, 6.07) is 11.0. The van der Waals surface area contributed by atoms with Gasteiger partial charge in [0.15, 0.2) is 0 Å². The summed E-state index contributed by atoms with van der Waals surface area (Å²) in [5.74, 6) is 0.887. The summed E-state index contributed by atoms with van der Waals surface area (Å²) in [6.07, 6.45) is 3.15. The Bertz CT molecular complexity index is 547. The molecule has 0 fully saturated rings. The standard InChI is InChI=1S/C17H25N3O/c1-5-13(2)20-11-10-16(19-20)12-18-14(3)15-6-8-17(21-4)9-7-15/h6-11,13-14,18H,5,12H2,1-4H3/t13?,14-/m0/s1. The summed E-state index contributed by atoms with van der Waals surface area (Å²) in [5.41, 5.74) is 2.33. The summed E-state index contributed by atoms with van der Waals surface area (Å²) >= 11 is 0. The van der Waals surface area contributed by atoms with Crippen molar-refractivity contribution in [2.24, 2.45) is 0 Å². The van der Waals surface area contributed by atoms with Gasteiger partial charge in [-0.1, -0.05) is 19.1 Å². The number of hydrogen-bond acceptors (Lipinski definition) is 3. The van der Waals surface area contributed by atoms with E-state index < -0.39 is 0 Å². The number of ether oxygens (including phenoxy) is 1. The Morgan fingerprint density at radius 1 is 1.19 bits per heavy atom. The van der Waals surface area contributed by atoms with Crippen LogP contribution in [0.15, 0.2) is 36.5 Å². The zero-order valence-corrected chi connectivity index (χ0v) is 13.3. The first kappa shape index (κ1) is 15.6. The van der Waals surface area contributed by atoms with Crippen LogP contribution < -0.4 is 10.1 Å². The van der Waals surface area contributed by atoms with Crippen LogP contribution in [-0.4, -0.2) is 16.9 Å². The molecule has 2 atom stereocenters. The maximum absolute atomic E-state index is 5.18. The number of hydrogen-bond donors (Lipinski definition) is 1. The summed E-state index contributed by atoms with van der Waals surface area (Å²) < 4.78 is 7.22. The van der Waals surface area contributed by atoms with Crippen LogP contribution in [0, 0.1) is 0 Å². The van der Waals surface area contributed by atoms with Gasteiger partial charge in [-0.15, -0.1) is 0 Å². The highest BCUT2D eigenvalue weighted by Gasteiger charge is 2.08. The van der Waals surface area contributed by atoms with Crippen LogP contribution in [0.5, 0.6) is 5.75 Å². The van der Waals surface area contributed by atoms with E-state index in [-0.39, 0.29) is 6.04 Å². The first-order valence-corrected chi connectivity index (χ1v) is 7.55. The van der Waals surface area contributed by atoms with E-state index in [1.165, 1.54) is 5.56 Å². The van der Waals surface area contributed by atoms with Crippen molar-refractivity contribution < 1.29 is 4.74 Å². The second kappa shape index (κ2) is 7.27. The number of benzene rings is 1. The Balaban J connectivity index is 1.90. The van der Waals surface area contributed by atoms with Gasteiger partial charge >= 0.3 is 0 Å². The quantitative estimate of drug-likeness (QED) is 0.843. The molecule has 1 heterocycles. The lowest BCUT2D eigenvalue weighted by atomic mass is 10.1. The van der Waals surface area contributed by atoms with Crippen molar-refractivity contribution in [3.8, 4) is 5.75 Å². The van der Waals surface area contributed by atoms with Gasteiger partial charge in [0.05, 0.1) is 12.8 Å². The monoisotopic (exact) mass is 287 g/mol. The molecular weight excluding hydrogens is 262 g/mol. The molecule has 1 unspecified atom stereocenters. The molecule has 0 bridgehead atoms. The SMILES string of the molecule is CCC(C)n1ccc(CN[C@@H](C)c2ccc(OC)cc2)n1. The molecule has 0 saturated heterocycles. The molecule has 2 rings (SSSR count). The van der Waals surface area contributed by atoms with Gasteiger partial charge in [-0.05, 0) is 44.0 Å². The molecule has 1 aromatic heterocycles. The smallest absolute Gasteiger partial charge is 0.118 e. The first-order chi connectivity index (χ1) is 10.1. The highest BCUT2D eigenvalue weighted by atomic mass is 16.5. The lowest BCUT2D eigenvalue weighted by Gasteiger charge is -2.14.